The number of rotatable bonds is 2. The Hall–Kier alpha value is -1.17. The van der Waals surface area contributed by atoms with E-state index >= 15 is 0 Å². The molecule has 5 heteroatoms. The summed E-state index contributed by atoms with van der Waals surface area (Å²) in [5, 5.41) is 11.3. The van der Waals surface area contributed by atoms with Crippen LogP contribution in [0, 0.1) is 0 Å². The molecule has 0 aliphatic carbocycles. The number of aromatic nitrogens is 1. The SMILES string of the molecule is Oc1c(C[NH+]2CCOCC2)cc(Br)c2cccnc12. The average molecular weight is 324 g/mol. The highest BCUT2D eigenvalue weighted by molar-refractivity contribution is 9.10. The van der Waals surface area contributed by atoms with E-state index in [0.717, 1.165) is 48.3 Å². The van der Waals surface area contributed by atoms with Crippen molar-refractivity contribution in [3.8, 4) is 5.75 Å². The molecule has 1 aromatic carbocycles. The summed E-state index contributed by atoms with van der Waals surface area (Å²) in [4.78, 5) is 5.72. The molecule has 0 radical (unpaired) electrons. The highest BCUT2D eigenvalue weighted by Gasteiger charge is 2.18. The first-order chi connectivity index (χ1) is 9.25. The molecular weight excluding hydrogens is 308 g/mol. The molecule has 1 fully saturated rings. The molecule has 2 N–H and O–H groups in total. The maximum Gasteiger partial charge on any atom is 0.150 e. The molecule has 0 unspecified atom stereocenters. The first kappa shape index (κ1) is 12.8. The number of nitrogens with zero attached hydrogens (tertiary/aromatic N) is 1. The lowest BCUT2D eigenvalue weighted by Crippen LogP contribution is -3.12. The third-order valence-corrected chi connectivity index (χ3v) is 4.19. The Kier molecular flexibility index (Phi) is 3.68. The molecule has 1 saturated heterocycles. The van der Waals surface area contributed by atoms with E-state index in [2.05, 4.69) is 20.9 Å². The maximum atomic E-state index is 10.4. The van der Waals surface area contributed by atoms with Gasteiger partial charge in [-0.05, 0) is 12.1 Å². The molecule has 19 heavy (non-hydrogen) atoms. The van der Waals surface area contributed by atoms with Gasteiger partial charge in [-0.3, -0.25) is 4.98 Å². The lowest BCUT2D eigenvalue weighted by atomic mass is 10.1. The van der Waals surface area contributed by atoms with Crippen LogP contribution in [0.5, 0.6) is 5.75 Å². The number of phenolic OH excluding ortho intramolecular Hbond substituents is 1. The molecule has 2 heterocycles. The summed E-state index contributed by atoms with van der Waals surface area (Å²) < 4.78 is 6.34. The van der Waals surface area contributed by atoms with Gasteiger partial charge in [0.1, 0.15) is 25.2 Å². The maximum absolute atomic E-state index is 10.4. The van der Waals surface area contributed by atoms with Crippen molar-refractivity contribution >= 4 is 26.8 Å². The number of halogens is 1. The Morgan fingerprint density at radius 3 is 2.95 bits per heavy atom. The number of morpholine rings is 1. The molecule has 0 spiro atoms. The predicted octanol–water partition coefficient (Wildman–Crippen LogP) is 1.12. The lowest BCUT2D eigenvalue weighted by molar-refractivity contribution is -0.921. The van der Waals surface area contributed by atoms with E-state index in [1.54, 1.807) is 6.20 Å². The van der Waals surface area contributed by atoms with Gasteiger partial charge in [0.05, 0.1) is 18.8 Å². The summed E-state index contributed by atoms with van der Waals surface area (Å²) in [6.45, 7) is 4.36. The first-order valence-electron chi connectivity index (χ1n) is 6.42. The minimum Gasteiger partial charge on any atom is -0.505 e. The number of phenols is 1. The molecule has 2 aromatic rings. The number of pyridine rings is 1. The molecule has 0 bridgehead atoms. The van der Waals surface area contributed by atoms with E-state index in [1.165, 1.54) is 4.90 Å². The first-order valence-corrected chi connectivity index (χ1v) is 7.21. The Bertz CT molecular complexity index is 597. The largest absolute Gasteiger partial charge is 0.505 e. The lowest BCUT2D eigenvalue weighted by Gasteiger charge is -2.24. The highest BCUT2D eigenvalue weighted by atomic mass is 79.9. The van der Waals surface area contributed by atoms with Crippen LogP contribution >= 0.6 is 15.9 Å². The normalized spacial score (nSPS) is 16.9. The van der Waals surface area contributed by atoms with E-state index in [1.807, 2.05) is 18.2 Å². The highest BCUT2D eigenvalue weighted by Crippen LogP contribution is 2.32. The van der Waals surface area contributed by atoms with Crippen LogP contribution in [0.1, 0.15) is 5.56 Å². The van der Waals surface area contributed by atoms with Crippen LogP contribution in [-0.2, 0) is 11.3 Å². The van der Waals surface area contributed by atoms with Gasteiger partial charge in [0.2, 0.25) is 0 Å². The summed E-state index contributed by atoms with van der Waals surface area (Å²) in [7, 11) is 0. The van der Waals surface area contributed by atoms with Gasteiger partial charge in [-0.25, -0.2) is 0 Å². The van der Waals surface area contributed by atoms with Crippen molar-refractivity contribution in [2.45, 2.75) is 6.54 Å². The van der Waals surface area contributed by atoms with Gasteiger partial charge in [0.25, 0.3) is 0 Å². The second-order valence-electron chi connectivity index (χ2n) is 4.80. The van der Waals surface area contributed by atoms with Crippen molar-refractivity contribution in [1.82, 2.24) is 4.98 Å². The van der Waals surface area contributed by atoms with Gasteiger partial charge in [-0.1, -0.05) is 22.0 Å². The average Bonchev–Trinajstić information content (AvgIpc) is 2.46. The number of quaternary nitrogens is 1. The van der Waals surface area contributed by atoms with Crippen LogP contribution in [0.25, 0.3) is 10.9 Å². The molecule has 0 atom stereocenters. The van der Waals surface area contributed by atoms with E-state index in [9.17, 15) is 5.11 Å². The zero-order chi connectivity index (χ0) is 13.2. The quantitative estimate of drug-likeness (QED) is 0.870. The smallest absolute Gasteiger partial charge is 0.150 e. The van der Waals surface area contributed by atoms with Crippen LogP contribution in [-0.4, -0.2) is 36.4 Å². The van der Waals surface area contributed by atoms with Crippen molar-refractivity contribution in [2.75, 3.05) is 26.3 Å². The van der Waals surface area contributed by atoms with Crippen molar-refractivity contribution in [3.63, 3.8) is 0 Å². The van der Waals surface area contributed by atoms with Gasteiger partial charge in [-0.2, -0.15) is 0 Å². The second-order valence-corrected chi connectivity index (χ2v) is 5.66. The molecule has 1 aromatic heterocycles. The van der Waals surface area contributed by atoms with E-state index < -0.39 is 0 Å². The van der Waals surface area contributed by atoms with E-state index in [4.69, 9.17) is 4.74 Å². The fourth-order valence-corrected chi connectivity index (χ4v) is 3.08. The van der Waals surface area contributed by atoms with Crippen molar-refractivity contribution < 1.29 is 14.7 Å². The van der Waals surface area contributed by atoms with Gasteiger partial charge < -0.3 is 14.7 Å². The number of hydrogen-bond donors (Lipinski definition) is 2. The second kappa shape index (κ2) is 5.45. The summed E-state index contributed by atoms with van der Waals surface area (Å²) in [6.07, 6.45) is 1.71. The number of hydrogen-bond acceptors (Lipinski definition) is 3. The monoisotopic (exact) mass is 323 g/mol. The fourth-order valence-electron chi connectivity index (χ4n) is 2.48. The minimum atomic E-state index is 0.304. The van der Waals surface area contributed by atoms with Gasteiger partial charge in [0, 0.05) is 16.1 Å². The van der Waals surface area contributed by atoms with Gasteiger partial charge in [0.15, 0.2) is 5.75 Å². The van der Waals surface area contributed by atoms with Crippen LogP contribution in [0.3, 0.4) is 0 Å². The number of nitrogens with one attached hydrogen (secondary N) is 1. The molecular formula is C14H16BrN2O2+. The van der Waals surface area contributed by atoms with Crippen molar-refractivity contribution in [2.24, 2.45) is 0 Å². The molecule has 0 amide bonds. The summed E-state index contributed by atoms with van der Waals surface area (Å²) >= 11 is 3.56. The molecule has 4 nitrogen and oxygen atoms in total. The third-order valence-electron chi connectivity index (χ3n) is 3.53. The Labute approximate surface area is 120 Å². The molecule has 1 aliphatic rings. The zero-order valence-corrected chi connectivity index (χ0v) is 12.1. The standard InChI is InChI=1S/C14H15BrN2O2/c15-12-8-10(9-17-4-6-19-7-5-17)14(18)13-11(12)2-1-3-16-13/h1-3,8,18H,4-7,9H2/p+1. The Balaban J connectivity index is 1.97. The molecule has 0 saturated carbocycles. The minimum absolute atomic E-state index is 0.304. The summed E-state index contributed by atoms with van der Waals surface area (Å²) in [6, 6.07) is 5.83. The van der Waals surface area contributed by atoms with Crippen molar-refractivity contribution in [3.05, 3.63) is 34.4 Å². The van der Waals surface area contributed by atoms with Crippen LogP contribution in [0.4, 0.5) is 0 Å². The predicted molar refractivity (Wildman–Crippen MR) is 76.3 cm³/mol. The van der Waals surface area contributed by atoms with E-state index in [0.29, 0.717) is 11.3 Å². The number of ether oxygens (including phenoxy) is 1. The summed E-state index contributed by atoms with van der Waals surface area (Å²) in [5.74, 6) is 0.304. The molecule has 3 rings (SSSR count). The van der Waals surface area contributed by atoms with Crippen LogP contribution in [0.2, 0.25) is 0 Å². The van der Waals surface area contributed by atoms with Crippen LogP contribution in [0.15, 0.2) is 28.9 Å². The zero-order valence-electron chi connectivity index (χ0n) is 10.5. The number of benzene rings is 1. The van der Waals surface area contributed by atoms with Gasteiger partial charge in [-0.15, -0.1) is 0 Å². The molecule has 1 aliphatic heterocycles. The molecule has 100 valence electrons. The summed E-state index contributed by atoms with van der Waals surface area (Å²) in [5.41, 5.74) is 1.61. The third kappa shape index (κ3) is 2.59. The van der Waals surface area contributed by atoms with E-state index in [-0.39, 0.29) is 0 Å². The number of fused-ring (bicyclic) bond motifs is 1. The van der Waals surface area contributed by atoms with Gasteiger partial charge >= 0.3 is 0 Å². The topological polar surface area (TPSA) is 46.8 Å². The fraction of sp³-hybridized carbons (Fsp3) is 0.357. The Morgan fingerprint density at radius 2 is 2.16 bits per heavy atom. The van der Waals surface area contributed by atoms with Crippen LogP contribution < -0.4 is 4.90 Å². The number of aromatic hydroxyl groups is 1. The van der Waals surface area contributed by atoms with Crippen molar-refractivity contribution in [1.29, 1.82) is 0 Å². The Morgan fingerprint density at radius 1 is 1.37 bits per heavy atom.